The molecular formula is C13H20N4O3S. The largest absolute Gasteiger partial charge is 0.359 e. The van der Waals surface area contributed by atoms with Gasteiger partial charge in [0, 0.05) is 18.5 Å². The zero-order chi connectivity index (χ0) is 16.0. The molecule has 2 aromatic rings. The van der Waals surface area contributed by atoms with E-state index < -0.39 is 10.0 Å². The van der Waals surface area contributed by atoms with E-state index in [2.05, 4.69) is 15.0 Å². The van der Waals surface area contributed by atoms with Gasteiger partial charge in [-0.15, -0.1) is 0 Å². The van der Waals surface area contributed by atoms with Crippen LogP contribution in [0.4, 0.5) is 5.82 Å². The van der Waals surface area contributed by atoms with Crippen LogP contribution >= 0.6 is 0 Å². The quantitative estimate of drug-likeness (QED) is 0.937. The SMILES string of the molecule is Cc1nn(C)c(C)c1S(=O)(=O)Nc1cc(C(C)(C)C)on1. The Balaban J connectivity index is 2.36. The highest BCUT2D eigenvalue weighted by Crippen LogP contribution is 2.26. The Morgan fingerprint density at radius 3 is 2.33 bits per heavy atom. The lowest BCUT2D eigenvalue weighted by Gasteiger charge is -2.12. The Kier molecular flexibility index (Phi) is 3.61. The van der Waals surface area contributed by atoms with Crippen molar-refractivity contribution in [2.24, 2.45) is 7.05 Å². The minimum absolute atomic E-state index is 0.169. The molecular weight excluding hydrogens is 292 g/mol. The van der Waals surface area contributed by atoms with Crippen LogP contribution in [-0.4, -0.2) is 23.4 Å². The first-order chi connectivity index (χ1) is 9.52. The summed E-state index contributed by atoms with van der Waals surface area (Å²) in [4.78, 5) is 0.172. The third-order valence-corrected chi connectivity index (χ3v) is 4.81. The first-order valence-corrected chi connectivity index (χ1v) is 8.01. The Hall–Kier alpha value is -1.83. The second-order valence-electron chi connectivity index (χ2n) is 6.06. The molecule has 0 aliphatic carbocycles. The van der Waals surface area contributed by atoms with Gasteiger partial charge in [-0.1, -0.05) is 25.9 Å². The molecule has 8 heteroatoms. The smallest absolute Gasteiger partial charge is 0.266 e. The van der Waals surface area contributed by atoms with Gasteiger partial charge in [0.05, 0.1) is 11.4 Å². The Bertz CT molecular complexity index is 766. The highest BCUT2D eigenvalue weighted by atomic mass is 32.2. The average Bonchev–Trinajstić information content (AvgIpc) is 2.84. The molecule has 0 radical (unpaired) electrons. The number of rotatable bonds is 3. The van der Waals surface area contributed by atoms with E-state index in [1.165, 1.54) is 4.68 Å². The minimum Gasteiger partial charge on any atom is -0.359 e. The lowest BCUT2D eigenvalue weighted by Crippen LogP contribution is -2.15. The number of nitrogens with zero attached hydrogens (tertiary/aromatic N) is 3. The van der Waals surface area contributed by atoms with E-state index in [1.807, 2.05) is 20.8 Å². The number of hydrogen-bond acceptors (Lipinski definition) is 5. The molecule has 0 spiro atoms. The molecule has 0 saturated carbocycles. The number of aryl methyl sites for hydroxylation is 2. The molecule has 0 bridgehead atoms. The van der Waals surface area contributed by atoms with Gasteiger partial charge in [0.15, 0.2) is 5.82 Å². The van der Waals surface area contributed by atoms with Crippen LogP contribution in [0.15, 0.2) is 15.5 Å². The topological polar surface area (TPSA) is 90.0 Å². The predicted octanol–water partition coefficient (Wildman–Crippen LogP) is 2.12. The number of aromatic nitrogens is 3. The van der Waals surface area contributed by atoms with Crippen LogP contribution in [0, 0.1) is 13.8 Å². The van der Waals surface area contributed by atoms with Crippen LogP contribution < -0.4 is 4.72 Å². The summed E-state index contributed by atoms with van der Waals surface area (Å²) in [5.74, 6) is 0.780. The molecule has 1 N–H and O–H groups in total. The molecule has 0 atom stereocenters. The lowest BCUT2D eigenvalue weighted by atomic mass is 9.93. The number of nitrogens with one attached hydrogen (secondary N) is 1. The number of sulfonamides is 1. The van der Waals surface area contributed by atoms with Gasteiger partial charge in [0.1, 0.15) is 10.7 Å². The van der Waals surface area contributed by atoms with Gasteiger partial charge >= 0.3 is 0 Å². The highest BCUT2D eigenvalue weighted by Gasteiger charge is 2.26. The maximum absolute atomic E-state index is 12.5. The Morgan fingerprint density at radius 2 is 1.90 bits per heavy atom. The summed E-state index contributed by atoms with van der Waals surface area (Å²) < 4.78 is 34.1. The third-order valence-electron chi connectivity index (χ3n) is 3.20. The van der Waals surface area contributed by atoms with Gasteiger partial charge in [-0.2, -0.15) is 5.10 Å². The summed E-state index contributed by atoms with van der Waals surface area (Å²) in [6, 6.07) is 1.60. The summed E-state index contributed by atoms with van der Waals surface area (Å²) in [6.45, 7) is 9.24. The molecule has 0 aliphatic rings. The zero-order valence-electron chi connectivity index (χ0n) is 13.1. The first kappa shape index (κ1) is 15.6. The monoisotopic (exact) mass is 312 g/mol. The van der Waals surface area contributed by atoms with Gasteiger partial charge in [0.25, 0.3) is 10.0 Å². The van der Waals surface area contributed by atoms with Crippen molar-refractivity contribution in [3.63, 3.8) is 0 Å². The molecule has 21 heavy (non-hydrogen) atoms. The molecule has 2 aromatic heterocycles. The van der Waals surface area contributed by atoms with Crippen molar-refractivity contribution < 1.29 is 12.9 Å². The maximum Gasteiger partial charge on any atom is 0.266 e. The van der Waals surface area contributed by atoms with E-state index in [-0.39, 0.29) is 16.1 Å². The summed E-state index contributed by atoms with van der Waals surface area (Å²) in [6.07, 6.45) is 0. The van der Waals surface area contributed by atoms with Crippen LogP contribution in [0.3, 0.4) is 0 Å². The van der Waals surface area contributed by atoms with Crippen molar-refractivity contribution >= 4 is 15.8 Å². The van der Waals surface area contributed by atoms with Crippen molar-refractivity contribution in [2.75, 3.05) is 4.72 Å². The van der Waals surface area contributed by atoms with Crippen molar-refractivity contribution in [1.29, 1.82) is 0 Å². The van der Waals surface area contributed by atoms with Gasteiger partial charge in [-0.25, -0.2) is 8.42 Å². The summed E-state index contributed by atoms with van der Waals surface area (Å²) in [5.41, 5.74) is 0.776. The van der Waals surface area contributed by atoms with Crippen molar-refractivity contribution in [2.45, 2.75) is 44.9 Å². The third kappa shape index (κ3) is 2.94. The fraction of sp³-hybridized carbons (Fsp3) is 0.538. The molecule has 2 rings (SSSR count). The molecule has 116 valence electrons. The Labute approximate surface area is 124 Å². The summed E-state index contributed by atoms with van der Waals surface area (Å²) in [5, 5.41) is 7.88. The maximum atomic E-state index is 12.5. The van der Waals surface area contributed by atoms with Crippen molar-refractivity contribution in [1.82, 2.24) is 14.9 Å². The molecule has 2 heterocycles. The molecule has 0 amide bonds. The van der Waals surface area contributed by atoms with Crippen LogP contribution in [0.1, 0.15) is 37.9 Å². The van der Waals surface area contributed by atoms with Gasteiger partial charge in [0.2, 0.25) is 0 Å². The molecule has 0 aromatic carbocycles. The Morgan fingerprint density at radius 1 is 1.29 bits per heavy atom. The molecule has 0 aliphatic heterocycles. The van der Waals surface area contributed by atoms with E-state index in [0.29, 0.717) is 17.1 Å². The fourth-order valence-electron chi connectivity index (χ4n) is 2.01. The number of anilines is 1. The van der Waals surface area contributed by atoms with Gasteiger partial charge < -0.3 is 4.52 Å². The van der Waals surface area contributed by atoms with Crippen LogP contribution in [-0.2, 0) is 22.5 Å². The lowest BCUT2D eigenvalue weighted by molar-refractivity contribution is 0.331. The van der Waals surface area contributed by atoms with Gasteiger partial charge in [-0.05, 0) is 13.8 Å². The van der Waals surface area contributed by atoms with E-state index in [9.17, 15) is 8.42 Å². The predicted molar refractivity (Wildman–Crippen MR) is 78.7 cm³/mol. The van der Waals surface area contributed by atoms with Crippen LogP contribution in [0.25, 0.3) is 0 Å². The van der Waals surface area contributed by atoms with Crippen LogP contribution in [0.2, 0.25) is 0 Å². The summed E-state index contributed by atoms with van der Waals surface area (Å²) >= 11 is 0. The van der Waals surface area contributed by atoms with Crippen molar-refractivity contribution in [3.05, 3.63) is 23.2 Å². The highest BCUT2D eigenvalue weighted by molar-refractivity contribution is 7.92. The van der Waals surface area contributed by atoms with E-state index >= 15 is 0 Å². The average molecular weight is 312 g/mol. The second-order valence-corrected chi connectivity index (χ2v) is 7.67. The normalized spacial score (nSPS) is 12.7. The molecule has 0 fully saturated rings. The zero-order valence-corrected chi connectivity index (χ0v) is 13.9. The molecule has 7 nitrogen and oxygen atoms in total. The van der Waals surface area contributed by atoms with E-state index in [4.69, 9.17) is 4.52 Å². The van der Waals surface area contributed by atoms with Crippen molar-refractivity contribution in [3.8, 4) is 0 Å². The van der Waals surface area contributed by atoms with Crippen LogP contribution in [0.5, 0.6) is 0 Å². The summed E-state index contributed by atoms with van der Waals surface area (Å²) in [7, 11) is -2.04. The van der Waals surface area contributed by atoms with E-state index in [1.54, 1.807) is 27.0 Å². The number of hydrogen-bond donors (Lipinski definition) is 1. The molecule has 0 unspecified atom stereocenters. The second kappa shape index (κ2) is 4.87. The standard InChI is InChI=1S/C13H20N4O3S/c1-8-12(9(2)17(6)14-8)21(18,19)16-11-7-10(20-15-11)13(3,4)5/h7H,1-6H3,(H,15,16). The van der Waals surface area contributed by atoms with E-state index in [0.717, 1.165) is 0 Å². The van der Waals surface area contributed by atoms with Gasteiger partial charge in [-0.3, -0.25) is 9.40 Å². The first-order valence-electron chi connectivity index (χ1n) is 6.52. The molecule has 0 saturated heterocycles. The fourth-order valence-corrected chi connectivity index (χ4v) is 3.43. The minimum atomic E-state index is -3.74.